The topological polar surface area (TPSA) is 75.6 Å². The number of carbonyl (C=O) groups is 2. The third-order valence-corrected chi connectivity index (χ3v) is 5.31. The molecule has 1 unspecified atom stereocenters. The molecule has 5 nitrogen and oxygen atoms in total. The number of halogens is 3. The van der Waals surface area contributed by atoms with Gasteiger partial charge in [-0.2, -0.15) is 0 Å². The molecule has 0 aliphatic rings. The first-order chi connectivity index (χ1) is 14.0. The van der Waals surface area contributed by atoms with Crippen LogP contribution in [0.5, 0.6) is 0 Å². The van der Waals surface area contributed by atoms with Crippen molar-refractivity contribution in [1.82, 2.24) is 5.32 Å². The van der Waals surface area contributed by atoms with Crippen LogP contribution < -0.4 is 5.32 Å². The Labute approximate surface area is 194 Å². The average molecular weight is 517 g/mol. The molecule has 162 valence electrons. The predicted octanol–water partition coefficient (Wildman–Crippen LogP) is 5.38. The molecule has 0 bridgehead atoms. The second-order valence-corrected chi connectivity index (χ2v) is 9.77. The molecule has 2 aromatic carbocycles. The summed E-state index contributed by atoms with van der Waals surface area (Å²) in [5, 5.41) is 14.8. The Morgan fingerprint density at radius 2 is 1.70 bits per heavy atom. The fourth-order valence-electron chi connectivity index (χ4n) is 2.76. The summed E-state index contributed by atoms with van der Waals surface area (Å²) in [5.41, 5.74) is 0.549. The van der Waals surface area contributed by atoms with Crippen LogP contribution in [0.25, 0.3) is 0 Å². The van der Waals surface area contributed by atoms with E-state index < -0.39 is 34.5 Å². The highest BCUT2D eigenvalue weighted by atomic mass is 79.9. The number of hydrogen-bond donors (Lipinski definition) is 2. The maximum absolute atomic E-state index is 12.8. The van der Waals surface area contributed by atoms with Crippen LogP contribution in [-0.2, 0) is 14.3 Å². The largest absolute Gasteiger partial charge is 0.460 e. The maximum atomic E-state index is 12.8. The minimum Gasteiger partial charge on any atom is -0.460 e. The Morgan fingerprint density at radius 1 is 1.07 bits per heavy atom. The summed E-state index contributed by atoms with van der Waals surface area (Å²) in [5.74, 6) is -0.958. The van der Waals surface area contributed by atoms with Gasteiger partial charge in [-0.25, -0.2) is 0 Å². The van der Waals surface area contributed by atoms with Crippen LogP contribution in [-0.4, -0.2) is 27.4 Å². The third-order valence-electron chi connectivity index (χ3n) is 4.08. The van der Waals surface area contributed by atoms with E-state index in [4.69, 9.17) is 27.9 Å². The summed E-state index contributed by atoms with van der Waals surface area (Å²) in [4.78, 5) is 24.0. The smallest absolute Gasteiger partial charge is 0.307 e. The second kappa shape index (κ2) is 10.6. The molecule has 3 atom stereocenters. The number of aliphatic hydroxyl groups is 1. The van der Waals surface area contributed by atoms with Gasteiger partial charge in [-0.05, 0) is 56.2 Å². The minimum atomic E-state index is -1.07. The van der Waals surface area contributed by atoms with E-state index in [1.165, 1.54) is 0 Å². The first-order valence-corrected chi connectivity index (χ1v) is 11.0. The predicted molar refractivity (Wildman–Crippen MR) is 122 cm³/mol. The average Bonchev–Trinajstić information content (AvgIpc) is 2.64. The van der Waals surface area contributed by atoms with E-state index in [0.717, 1.165) is 0 Å². The number of nitrogens with one attached hydrogen (secondary N) is 1. The summed E-state index contributed by atoms with van der Waals surface area (Å²) < 4.78 is 5.26. The first kappa shape index (κ1) is 24.7. The molecular weight excluding hydrogens is 493 g/mol. The number of alkyl halides is 1. The van der Waals surface area contributed by atoms with Crippen molar-refractivity contribution in [2.75, 3.05) is 0 Å². The lowest BCUT2D eigenvalue weighted by Gasteiger charge is -2.26. The van der Waals surface area contributed by atoms with Crippen molar-refractivity contribution in [1.29, 1.82) is 0 Å². The van der Waals surface area contributed by atoms with Crippen molar-refractivity contribution in [2.24, 2.45) is 0 Å². The van der Waals surface area contributed by atoms with Crippen LogP contribution in [0.3, 0.4) is 0 Å². The molecule has 0 saturated carbocycles. The van der Waals surface area contributed by atoms with Crippen LogP contribution >= 0.6 is 39.1 Å². The molecule has 0 saturated heterocycles. The molecule has 2 aromatic rings. The first-order valence-electron chi connectivity index (χ1n) is 9.31. The van der Waals surface area contributed by atoms with E-state index in [0.29, 0.717) is 21.2 Å². The van der Waals surface area contributed by atoms with E-state index in [9.17, 15) is 14.7 Å². The molecule has 0 fully saturated rings. The third kappa shape index (κ3) is 7.58. The number of aliphatic hydroxyl groups excluding tert-OH is 1. The van der Waals surface area contributed by atoms with E-state index in [-0.39, 0.29) is 6.42 Å². The Kier molecular flexibility index (Phi) is 8.73. The molecule has 2 N–H and O–H groups in total. The maximum Gasteiger partial charge on any atom is 0.307 e. The van der Waals surface area contributed by atoms with Gasteiger partial charge in [-0.3, -0.25) is 9.59 Å². The highest BCUT2D eigenvalue weighted by Gasteiger charge is 2.29. The van der Waals surface area contributed by atoms with Gasteiger partial charge in [-0.1, -0.05) is 63.4 Å². The molecule has 0 heterocycles. The van der Waals surface area contributed by atoms with Crippen molar-refractivity contribution >= 4 is 51.0 Å². The van der Waals surface area contributed by atoms with Gasteiger partial charge in [0.05, 0.1) is 12.5 Å². The summed E-state index contributed by atoms with van der Waals surface area (Å²) in [6.45, 7) is 5.27. The molecule has 8 heteroatoms. The summed E-state index contributed by atoms with van der Waals surface area (Å²) in [6.07, 6.45) is -1.22. The summed E-state index contributed by atoms with van der Waals surface area (Å²) in [7, 11) is 0. The summed E-state index contributed by atoms with van der Waals surface area (Å²) in [6, 6.07) is 12.8. The van der Waals surface area contributed by atoms with Gasteiger partial charge in [-0.15, -0.1) is 0 Å². The molecule has 1 amide bonds. The molecular formula is C22H24BrCl2NO4. The summed E-state index contributed by atoms with van der Waals surface area (Å²) >= 11 is 15.3. The zero-order valence-corrected chi connectivity index (χ0v) is 20.0. The van der Waals surface area contributed by atoms with Crippen LogP contribution in [0.4, 0.5) is 0 Å². The van der Waals surface area contributed by atoms with Crippen molar-refractivity contribution in [3.05, 3.63) is 69.7 Å². The molecule has 30 heavy (non-hydrogen) atoms. The highest BCUT2D eigenvalue weighted by molar-refractivity contribution is 9.10. The highest BCUT2D eigenvalue weighted by Crippen LogP contribution is 2.31. The van der Waals surface area contributed by atoms with E-state index in [2.05, 4.69) is 21.2 Å². The van der Waals surface area contributed by atoms with Gasteiger partial charge in [0.2, 0.25) is 5.91 Å². The Hall–Kier alpha value is -1.60. The molecule has 0 aliphatic carbocycles. The molecule has 2 rings (SSSR count). The van der Waals surface area contributed by atoms with Gasteiger partial charge in [0.15, 0.2) is 0 Å². The van der Waals surface area contributed by atoms with Crippen molar-refractivity contribution < 1.29 is 19.4 Å². The van der Waals surface area contributed by atoms with E-state index >= 15 is 0 Å². The van der Waals surface area contributed by atoms with Gasteiger partial charge >= 0.3 is 5.97 Å². The molecule has 0 radical (unpaired) electrons. The van der Waals surface area contributed by atoms with Gasteiger partial charge in [0, 0.05) is 10.0 Å². The van der Waals surface area contributed by atoms with Gasteiger partial charge in [0.25, 0.3) is 0 Å². The molecule has 0 aliphatic heterocycles. The Bertz CT molecular complexity index is 883. The van der Waals surface area contributed by atoms with E-state index in [1.54, 1.807) is 69.3 Å². The van der Waals surface area contributed by atoms with Gasteiger partial charge in [0.1, 0.15) is 16.5 Å². The zero-order chi connectivity index (χ0) is 22.5. The number of ether oxygens (including phenoxy) is 1. The number of esters is 1. The van der Waals surface area contributed by atoms with Crippen molar-refractivity contribution in [2.45, 2.75) is 49.8 Å². The Balaban J connectivity index is 2.21. The number of rotatable bonds is 7. The van der Waals surface area contributed by atoms with Gasteiger partial charge < -0.3 is 15.2 Å². The second-order valence-electron chi connectivity index (χ2n) is 7.80. The monoisotopic (exact) mass is 515 g/mol. The number of amides is 1. The van der Waals surface area contributed by atoms with Crippen molar-refractivity contribution in [3.8, 4) is 0 Å². The lowest BCUT2D eigenvalue weighted by atomic mass is 9.95. The van der Waals surface area contributed by atoms with Crippen molar-refractivity contribution in [3.63, 3.8) is 0 Å². The van der Waals surface area contributed by atoms with E-state index in [1.807, 2.05) is 0 Å². The lowest BCUT2D eigenvalue weighted by Crippen LogP contribution is -2.38. The van der Waals surface area contributed by atoms with Crippen LogP contribution in [0.15, 0.2) is 48.5 Å². The SMILES string of the molecule is CC(C)(C)OC(=O)CC(Br)C(=O)N[C@H](c1ccc(Cl)cc1)[C@@H](O)c1cccc(Cl)c1. The number of benzene rings is 2. The zero-order valence-electron chi connectivity index (χ0n) is 16.9. The number of hydrogen-bond acceptors (Lipinski definition) is 4. The molecule has 0 spiro atoms. The Morgan fingerprint density at radius 3 is 2.27 bits per heavy atom. The fourth-order valence-corrected chi connectivity index (χ4v) is 3.48. The normalized spacial score (nSPS) is 14.5. The van der Waals surface area contributed by atoms with Crippen LogP contribution in [0.1, 0.15) is 50.5 Å². The minimum absolute atomic E-state index is 0.149. The van der Waals surface area contributed by atoms with Crippen LogP contribution in [0, 0.1) is 0 Å². The standard InChI is InChI=1S/C22H24BrCl2NO4/c1-22(2,3)30-18(27)12-17(23)21(29)26-19(13-7-9-15(24)10-8-13)20(28)14-5-4-6-16(25)11-14/h4-11,17,19-20,28H,12H2,1-3H3,(H,26,29)/t17?,19-,20+/m1/s1. The quantitative estimate of drug-likeness (QED) is 0.382. The number of carbonyl (C=O) groups excluding carboxylic acids is 2. The van der Waals surface area contributed by atoms with Crippen LogP contribution in [0.2, 0.25) is 10.0 Å². The lowest BCUT2D eigenvalue weighted by molar-refractivity contribution is -0.155. The molecule has 0 aromatic heterocycles. The fraction of sp³-hybridized carbons (Fsp3) is 0.364.